The molecule has 0 bridgehead atoms. The summed E-state index contributed by atoms with van der Waals surface area (Å²) >= 11 is 0. The Bertz CT molecular complexity index is 887. The minimum Gasteiger partial charge on any atom is -0.370 e. The van der Waals surface area contributed by atoms with Crippen molar-refractivity contribution in [1.82, 2.24) is 24.9 Å². The molecule has 0 N–H and O–H groups in total. The van der Waals surface area contributed by atoms with Crippen LogP contribution in [0.5, 0.6) is 0 Å². The van der Waals surface area contributed by atoms with Gasteiger partial charge in [0.15, 0.2) is 5.82 Å². The first-order chi connectivity index (χ1) is 11.5. The molecule has 3 heterocycles. The molecule has 8 nitrogen and oxygen atoms in total. The first-order valence-electron chi connectivity index (χ1n) is 7.79. The molecule has 24 heavy (non-hydrogen) atoms. The van der Waals surface area contributed by atoms with Gasteiger partial charge in [-0.05, 0) is 25.0 Å². The Morgan fingerprint density at radius 1 is 1.33 bits per heavy atom. The monoisotopic (exact) mass is 329 g/mol. The Kier molecular flexibility index (Phi) is 4.66. The highest BCUT2D eigenvalue weighted by Gasteiger charge is 2.16. The smallest absolute Gasteiger partial charge is 0.293 e. The van der Waals surface area contributed by atoms with Crippen LogP contribution in [0.2, 0.25) is 0 Å². The molecule has 0 fully saturated rings. The van der Waals surface area contributed by atoms with E-state index in [1.165, 1.54) is 4.68 Å². The van der Waals surface area contributed by atoms with Crippen LogP contribution in [-0.2, 0) is 11.3 Å². The van der Waals surface area contributed by atoms with Crippen molar-refractivity contribution >= 4 is 10.9 Å². The molecule has 0 aromatic carbocycles. The zero-order chi connectivity index (χ0) is 17.1. The lowest BCUT2D eigenvalue weighted by molar-refractivity contribution is 0.0402. The summed E-state index contributed by atoms with van der Waals surface area (Å²) < 4.78 is 12.1. The van der Waals surface area contributed by atoms with Crippen molar-refractivity contribution in [3.8, 4) is 0 Å². The third-order valence-corrected chi connectivity index (χ3v) is 3.42. The molecule has 0 unspecified atom stereocenters. The van der Waals surface area contributed by atoms with Crippen molar-refractivity contribution in [3.05, 3.63) is 46.6 Å². The highest BCUT2D eigenvalue weighted by atomic mass is 16.5. The van der Waals surface area contributed by atoms with Crippen molar-refractivity contribution < 1.29 is 9.26 Å². The standard InChI is InChI=1S/C16H19N5O3/c1-10(2)9-23-11(3)15-19-13(24-20-15)8-21-16(22)14-12(7-18-21)5-4-6-17-14/h4-7,10-11H,8-9H2,1-3H3/t11-/m1/s1. The van der Waals surface area contributed by atoms with Gasteiger partial charge in [0.05, 0.1) is 6.20 Å². The van der Waals surface area contributed by atoms with Crippen LogP contribution in [0, 0.1) is 5.92 Å². The second-order valence-corrected chi connectivity index (χ2v) is 5.96. The van der Waals surface area contributed by atoms with Crippen LogP contribution in [-0.4, -0.2) is 31.5 Å². The molecular formula is C16H19N5O3. The second-order valence-electron chi connectivity index (χ2n) is 5.96. The minimum atomic E-state index is -0.294. The Labute approximate surface area is 138 Å². The predicted octanol–water partition coefficient (Wildman–Crippen LogP) is 1.96. The molecule has 8 heteroatoms. The third-order valence-electron chi connectivity index (χ3n) is 3.42. The highest BCUT2D eigenvalue weighted by molar-refractivity contribution is 5.75. The molecular weight excluding hydrogens is 310 g/mol. The summed E-state index contributed by atoms with van der Waals surface area (Å²) in [6.07, 6.45) is 2.90. The topological polar surface area (TPSA) is 95.9 Å². The summed E-state index contributed by atoms with van der Waals surface area (Å²) in [5.41, 5.74) is 0.0674. The van der Waals surface area contributed by atoms with Gasteiger partial charge in [0.2, 0.25) is 5.89 Å². The van der Waals surface area contributed by atoms with E-state index >= 15 is 0 Å². The van der Waals surface area contributed by atoms with Crippen LogP contribution in [0.15, 0.2) is 33.8 Å². The fraction of sp³-hybridized carbons (Fsp3) is 0.438. The quantitative estimate of drug-likeness (QED) is 0.682. The average molecular weight is 329 g/mol. The molecule has 0 spiro atoms. The maximum absolute atomic E-state index is 12.4. The van der Waals surface area contributed by atoms with Gasteiger partial charge in [-0.2, -0.15) is 10.1 Å². The highest BCUT2D eigenvalue weighted by Crippen LogP contribution is 2.14. The van der Waals surface area contributed by atoms with Gasteiger partial charge in [0.1, 0.15) is 18.2 Å². The molecule has 126 valence electrons. The van der Waals surface area contributed by atoms with Crippen molar-refractivity contribution in [1.29, 1.82) is 0 Å². The average Bonchev–Trinajstić information content (AvgIpc) is 3.04. The van der Waals surface area contributed by atoms with Gasteiger partial charge in [0.25, 0.3) is 5.56 Å². The molecule has 0 aliphatic heterocycles. The van der Waals surface area contributed by atoms with Crippen LogP contribution < -0.4 is 5.56 Å². The molecule has 0 amide bonds. The van der Waals surface area contributed by atoms with Crippen LogP contribution in [0.3, 0.4) is 0 Å². The number of aromatic nitrogens is 5. The number of hydrogen-bond acceptors (Lipinski definition) is 7. The largest absolute Gasteiger partial charge is 0.370 e. The summed E-state index contributed by atoms with van der Waals surface area (Å²) in [4.78, 5) is 20.8. The van der Waals surface area contributed by atoms with Crippen LogP contribution in [0.1, 0.15) is 38.6 Å². The predicted molar refractivity (Wildman–Crippen MR) is 86.4 cm³/mol. The summed E-state index contributed by atoms with van der Waals surface area (Å²) in [6, 6.07) is 3.55. The van der Waals surface area contributed by atoms with Crippen LogP contribution >= 0.6 is 0 Å². The molecule has 0 saturated carbocycles. The Morgan fingerprint density at radius 2 is 2.17 bits per heavy atom. The molecule has 3 aromatic rings. The fourth-order valence-corrected chi connectivity index (χ4v) is 2.16. The molecule has 0 aliphatic carbocycles. The Balaban J connectivity index is 1.78. The lowest BCUT2D eigenvalue weighted by Gasteiger charge is -2.10. The van der Waals surface area contributed by atoms with Crippen molar-refractivity contribution in [2.75, 3.05) is 6.61 Å². The lowest BCUT2D eigenvalue weighted by Crippen LogP contribution is -2.24. The molecule has 0 saturated heterocycles. The summed E-state index contributed by atoms with van der Waals surface area (Å²) in [5.74, 6) is 1.18. The lowest BCUT2D eigenvalue weighted by atomic mass is 10.2. The summed E-state index contributed by atoms with van der Waals surface area (Å²) in [7, 11) is 0. The first kappa shape index (κ1) is 16.3. The van der Waals surface area contributed by atoms with Gasteiger partial charge in [-0.1, -0.05) is 19.0 Å². The zero-order valence-electron chi connectivity index (χ0n) is 13.8. The maximum atomic E-state index is 12.4. The van der Waals surface area contributed by atoms with E-state index < -0.39 is 0 Å². The van der Waals surface area contributed by atoms with Crippen LogP contribution in [0.25, 0.3) is 10.9 Å². The second kappa shape index (κ2) is 6.88. The number of fused-ring (bicyclic) bond motifs is 1. The van der Waals surface area contributed by atoms with Gasteiger partial charge in [-0.15, -0.1) is 0 Å². The molecule has 0 radical (unpaired) electrons. The van der Waals surface area contributed by atoms with E-state index in [-0.39, 0.29) is 18.2 Å². The van der Waals surface area contributed by atoms with Crippen molar-refractivity contribution in [2.24, 2.45) is 5.92 Å². The van der Waals surface area contributed by atoms with E-state index in [1.807, 2.05) is 6.92 Å². The molecule has 0 aliphatic rings. The first-order valence-corrected chi connectivity index (χ1v) is 7.79. The minimum absolute atomic E-state index is 0.0925. The summed E-state index contributed by atoms with van der Waals surface area (Å²) in [6.45, 7) is 6.71. The fourth-order valence-electron chi connectivity index (χ4n) is 2.16. The normalized spacial score (nSPS) is 12.8. The summed E-state index contributed by atoms with van der Waals surface area (Å²) in [5, 5.41) is 8.73. The molecule has 3 rings (SSSR count). The number of nitrogens with zero attached hydrogens (tertiary/aromatic N) is 5. The van der Waals surface area contributed by atoms with Crippen molar-refractivity contribution in [3.63, 3.8) is 0 Å². The SMILES string of the molecule is CC(C)CO[C@H](C)c1noc(Cn2ncc3cccnc3c2=O)n1. The van der Waals surface area contributed by atoms with Gasteiger partial charge < -0.3 is 9.26 Å². The van der Waals surface area contributed by atoms with Gasteiger partial charge in [-0.3, -0.25) is 9.78 Å². The number of ether oxygens (including phenoxy) is 1. The van der Waals surface area contributed by atoms with E-state index in [4.69, 9.17) is 9.26 Å². The third kappa shape index (κ3) is 3.48. The van der Waals surface area contributed by atoms with Crippen LogP contribution in [0.4, 0.5) is 0 Å². The molecule has 1 atom stereocenters. The number of rotatable bonds is 6. The number of hydrogen-bond donors (Lipinski definition) is 0. The Morgan fingerprint density at radius 3 is 2.96 bits per heavy atom. The van der Waals surface area contributed by atoms with E-state index in [2.05, 4.69) is 34.1 Å². The zero-order valence-corrected chi connectivity index (χ0v) is 13.8. The number of pyridine rings is 1. The Hall–Kier alpha value is -2.61. The van der Waals surface area contributed by atoms with E-state index in [9.17, 15) is 4.79 Å². The van der Waals surface area contributed by atoms with Gasteiger partial charge in [-0.25, -0.2) is 4.68 Å². The maximum Gasteiger partial charge on any atom is 0.293 e. The van der Waals surface area contributed by atoms with Crippen molar-refractivity contribution in [2.45, 2.75) is 33.4 Å². The van der Waals surface area contributed by atoms with E-state index in [0.717, 1.165) is 0 Å². The molecule has 3 aromatic heterocycles. The van der Waals surface area contributed by atoms with E-state index in [1.54, 1.807) is 24.5 Å². The van der Waals surface area contributed by atoms with Gasteiger partial charge >= 0.3 is 0 Å². The van der Waals surface area contributed by atoms with Gasteiger partial charge in [0, 0.05) is 18.2 Å². The van der Waals surface area contributed by atoms with E-state index in [0.29, 0.717) is 35.1 Å².